The number of nitrogens with one attached hydrogen (secondary N) is 3. The van der Waals surface area contributed by atoms with Crippen molar-refractivity contribution in [3.63, 3.8) is 0 Å². The second-order valence-electron chi connectivity index (χ2n) is 7.20. The van der Waals surface area contributed by atoms with Crippen LogP contribution in [0.15, 0.2) is 55.1 Å². The van der Waals surface area contributed by atoms with Gasteiger partial charge in [0.05, 0.1) is 39.7 Å². The summed E-state index contributed by atoms with van der Waals surface area (Å²) in [4.78, 5) is 26.1. The molecule has 6 aromatic rings. The number of hydrogen-bond donors (Lipinski definition) is 3. The molecule has 0 aliphatic rings. The summed E-state index contributed by atoms with van der Waals surface area (Å²) >= 11 is 1.47. The van der Waals surface area contributed by atoms with E-state index in [1.807, 2.05) is 36.7 Å². The highest BCUT2D eigenvalue weighted by Gasteiger charge is 2.16. The third-order valence-electron chi connectivity index (χ3n) is 5.22. The first-order valence-corrected chi connectivity index (χ1v) is 10.4. The van der Waals surface area contributed by atoms with E-state index in [1.165, 1.54) is 11.3 Å². The number of hydrogen-bond acceptors (Lipinski definition) is 6. The van der Waals surface area contributed by atoms with Crippen molar-refractivity contribution in [1.29, 1.82) is 0 Å². The number of ketones is 1. The molecule has 31 heavy (non-hydrogen) atoms. The van der Waals surface area contributed by atoms with Gasteiger partial charge in [0.15, 0.2) is 5.78 Å². The van der Waals surface area contributed by atoms with Gasteiger partial charge in [0.1, 0.15) is 11.2 Å². The van der Waals surface area contributed by atoms with Crippen LogP contribution >= 0.6 is 11.3 Å². The first-order valence-electron chi connectivity index (χ1n) is 9.60. The molecule has 0 unspecified atom stereocenters. The molecule has 0 bridgehead atoms. The Bertz CT molecular complexity index is 1570. The monoisotopic (exact) mass is 425 g/mol. The minimum Gasteiger partial charge on any atom is -0.352 e. The predicted molar refractivity (Wildman–Crippen MR) is 120 cm³/mol. The first kappa shape index (κ1) is 17.7. The van der Waals surface area contributed by atoms with E-state index >= 15 is 0 Å². The molecule has 6 rings (SSSR count). The number of carbonyl (C=O) groups excluding carboxylic acids is 1. The molecule has 3 N–H and O–H groups in total. The highest BCUT2D eigenvalue weighted by atomic mass is 32.1. The van der Waals surface area contributed by atoms with E-state index in [2.05, 4.69) is 36.4 Å². The van der Waals surface area contributed by atoms with E-state index in [-0.39, 0.29) is 5.78 Å². The third-order valence-corrected chi connectivity index (χ3v) is 6.44. The van der Waals surface area contributed by atoms with E-state index in [0.29, 0.717) is 0 Å². The van der Waals surface area contributed by atoms with Crippen LogP contribution in [0.1, 0.15) is 16.6 Å². The van der Waals surface area contributed by atoms with Crippen LogP contribution in [0.25, 0.3) is 55.0 Å². The second kappa shape index (κ2) is 6.71. The molecule has 0 radical (unpaired) electrons. The molecule has 0 aliphatic carbocycles. The maximum Gasteiger partial charge on any atom is 0.169 e. The Morgan fingerprint density at radius 3 is 2.81 bits per heavy atom. The number of pyridine rings is 2. The van der Waals surface area contributed by atoms with E-state index in [0.717, 1.165) is 59.9 Å². The average molecular weight is 425 g/mol. The molecule has 0 fully saturated rings. The van der Waals surface area contributed by atoms with Crippen LogP contribution in [0.2, 0.25) is 0 Å². The zero-order valence-corrected chi connectivity index (χ0v) is 17.1. The fourth-order valence-corrected chi connectivity index (χ4v) is 4.61. The van der Waals surface area contributed by atoms with Gasteiger partial charge in [0, 0.05) is 33.8 Å². The molecule has 9 heteroatoms. The maximum atomic E-state index is 11.7. The summed E-state index contributed by atoms with van der Waals surface area (Å²) in [6.07, 6.45) is 7.17. The van der Waals surface area contributed by atoms with E-state index in [1.54, 1.807) is 19.3 Å². The van der Waals surface area contributed by atoms with Gasteiger partial charge in [0.25, 0.3) is 0 Å². The van der Waals surface area contributed by atoms with Crippen LogP contribution in [0.4, 0.5) is 0 Å². The zero-order valence-electron chi connectivity index (χ0n) is 16.3. The molecule has 0 aromatic carbocycles. The lowest BCUT2D eigenvalue weighted by molar-refractivity contribution is 0.102. The fraction of sp³-hybridized carbons (Fsp3) is 0.0455. The van der Waals surface area contributed by atoms with Crippen molar-refractivity contribution >= 4 is 39.1 Å². The number of thiophene rings is 1. The third kappa shape index (κ3) is 2.86. The van der Waals surface area contributed by atoms with Crippen LogP contribution in [-0.4, -0.2) is 41.1 Å². The summed E-state index contributed by atoms with van der Waals surface area (Å²) in [5.41, 5.74) is 6.80. The fourth-order valence-electron chi connectivity index (χ4n) is 3.69. The molecule has 6 aromatic heterocycles. The number of aromatic amines is 3. The van der Waals surface area contributed by atoms with E-state index < -0.39 is 0 Å². The Labute approximate surface area is 179 Å². The zero-order chi connectivity index (χ0) is 20.9. The summed E-state index contributed by atoms with van der Waals surface area (Å²) in [5.74, 6) is 0.0636. The van der Waals surface area contributed by atoms with Gasteiger partial charge >= 0.3 is 0 Å². The Morgan fingerprint density at radius 1 is 1.06 bits per heavy atom. The minimum absolute atomic E-state index is 0.0636. The standard InChI is InChI=1S/C22H15N7OS/c1-11(30)19-4-5-20(31-19)14-9-23-10-18-13(14)6-17(26-18)22-21-16(28-29-22)3-2-15(27-21)12-7-24-25-8-12/h2-10,26H,1H3,(H,24,25)(H,28,29). The van der Waals surface area contributed by atoms with Crippen LogP contribution in [0.3, 0.4) is 0 Å². The van der Waals surface area contributed by atoms with Crippen molar-refractivity contribution in [1.82, 2.24) is 35.3 Å². The van der Waals surface area contributed by atoms with Crippen LogP contribution < -0.4 is 0 Å². The number of Topliss-reactive ketones (excluding diaryl/α,β-unsaturated/α-hetero) is 1. The van der Waals surface area contributed by atoms with Crippen molar-refractivity contribution in [2.75, 3.05) is 0 Å². The number of nitrogens with zero attached hydrogens (tertiary/aromatic N) is 4. The molecule has 8 nitrogen and oxygen atoms in total. The smallest absolute Gasteiger partial charge is 0.169 e. The topological polar surface area (TPSA) is 116 Å². The van der Waals surface area contributed by atoms with Gasteiger partial charge in [-0.2, -0.15) is 10.2 Å². The number of H-pyrrole nitrogens is 3. The van der Waals surface area contributed by atoms with Crippen molar-refractivity contribution in [2.45, 2.75) is 6.92 Å². The van der Waals surface area contributed by atoms with E-state index in [9.17, 15) is 4.79 Å². The second-order valence-corrected chi connectivity index (χ2v) is 8.29. The van der Waals surface area contributed by atoms with Gasteiger partial charge in [0.2, 0.25) is 0 Å². The molecule has 6 heterocycles. The SMILES string of the molecule is CC(=O)c1ccc(-c2cncc3[nH]c(-c4n[nH]c5ccc(-c6cn[nH]c6)nc45)cc23)s1. The van der Waals surface area contributed by atoms with Gasteiger partial charge in [-0.1, -0.05) is 0 Å². The molecule has 0 atom stereocenters. The van der Waals surface area contributed by atoms with Crippen LogP contribution in [-0.2, 0) is 0 Å². The largest absolute Gasteiger partial charge is 0.352 e. The van der Waals surface area contributed by atoms with E-state index in [4.69, 9.17) is 4.98 Å². The lowest BCUT2D eigenvalue weighted by Gasteiger charge is -1.98. The highest BCUT2D eigenvalue weighted by Crippen LogP contribution is 2.36. The van der Waals surface area contributed by atoms with Gasteiger partial charge < -0.3 is 4.98 Å². The maximum absolute atomic E-state index is 11.7. The number of rotatable bonds is 4. The molecular weight excluding hydrogens is 410 g/mol. The van der Waals surface area contributed by atoms with Crippen molar-refractivity contribution in [3.05, 3.63) is 60.0 Å². The highest BCUT2D eigenvalue weighted by molar-refractivity contribution is 7.17. The number of carbonyl (C=O) groups is 1. The van der Waals surface area contributed by atoms with Gasteiger partial charge in [-0.3, -0.25) is 20.0 Å². The summed E-state index contributed by atoms with van der Waals surface area (Å²) in [6, 6.07) is 9.78. The Morgan fingerprint density at radius 2 is 2.00 bits per heavy atom. The average Bonchev–Trinajstić information content (AvgIpc) is 3.58. The lowest BCUT2D eigenvalue weighted by Crippen LogP contribution is -1.84. The van der Waals surface area contributed by atoms with Crippen LogP contribution in [0.5, 0.6) is 0 Å². The summed E-state index contributed by atoms with van der Waals surface area (Å²) < 4.78 is 0. The minimum atomic E-state index is 0.0636. The molecule has 0 saturated heterocycles. The first-order chi connectivity index (χ1) is 15.2. The Hall–Kier alpha value is -4.11. The summed E-state index contributed by atoms with van der Waals surface area (Å²) in [7, 11) is 0. The quantitative estimate of drug-likeness (QED) is 0.350. The number of aromatic nitrogens is 7. The van der Waals surface area contributed by atoms with Gasteiger partial charge in [-0.25, -0.2) is 4.98 Å². The normalized spacial score (nSPS) is 11.5. The molecular formula is C22H15N7OS. The molecule has 150 valence electrons. The Balaban J connectivity index is 1.50. The van der Waals surface area contributed by atoms with Crippen molar-refractivity contribution < 1.29 is 4.79 Å². The van der Waals surface area contributed by atoms with Crippen LogP contribution in [0, 0.1) is 0 Å². The molecule has 0 amide bonds. The molecule has 0 aliphatic heterocycles. The van der Waals surface area contributed by atoms with Crippen molar-refractivity contribution in [2.24, 2.45) is 0 Å². The van der Waals surface area contributed by atoms with Crippen molar-refractivity contribution in [3.8, 4) is 33.1 Å². The van der Waals surface area contributed by atoms with Gasteiger partial charge in [-0.15, -0.1) is 11.3 Å². The Kier molecular flexibility index (Phi) is 3.84. The molecule has 0 spiro atoms. The van der Waals surface area contributed by atoms with Gasteiger partial charge in [-0.05, 0) is 37.3 Å². The molecule has 0 saturated carbocycles. The lowest BCUT2D eigenvalue weighted by atomic mass is 10.1. The number of fused-ring (bicyclic) bond motifs is 2. The summed E-state index contributed by atoms with van der Waals surface area (Å²) in [5, 5.41) is 15.4. The summed E-state index contributed by atoms with van der Waals surface area (Å²) in [6.45, 7) is 1.58. The predicted octanol–water partition coefficient (Wildman–Crippen LogP) is 4.82.